The van der Waals surface area contributed by atoms with E-state index in [2.05, 4.69) is 12.0 Å². The molecule has 0 saturated heterocycles. The number of carbonyl (C=O) groups excluding carboxylic acids is 1. The summed E-state index contributed by atoms with van der Waals surface area (Å²) in [5.74, 6) is 1.14. The fraction of sp³-hybridized carbons (Fsp3) is 0.444. The molecule has 0 spiro atoms. The van der Waals surface area contributed by atoms with Crippen LogP contribution in [0.5, 0.6) is 0 Å². The Labute approximate surface area is 126 Å². The van der Waals surface area contributed by atoms with Gasteiger partial charge in [-0.05, 0) is 37.0 Å². The minimum Gasteiger partial charge on any atom is -0.292 e. The number of Topliss-reactive ketones (excluding diaryl/α,β-unsaturated/α-hetero) is 1. The molecule has 1 fully saturated rings. The lowest BCUT2D eigenvalue weighted by Crippen LogP contribution is -2.24. The first-order valence-electron chi connectivity index (χ1n) is 7.93. The van der Waals surface area contributed by atoms with Gasteiger partial charge in [-0.25, -0.2) is 4.68 Å². The van der Waals surface area contributed by atoms with Crippen LogP contribution in [0.1, 0.15) is 49.5 Å². The standard InChI is InChI=1S/C18H22N2O/c1-2-14-7-6-8-15(13-14)18(21)17-11-12-19-20(17)16-9-4-3-5-10-16/h3-5,9-12,14-15H,2,6-8,13H2,1H3. The lowest BCUT2D eigenvalue weighted by Gasteiger charge is -2.27. The van der Waals surface area contributed by atoms with Crippen LogP contribution in [0, 0.1) is 11.8 Å². The predicted octanol–water partition coefficient (Wildman–Crippen LogP) is 4.27. The zero-order valence-electron chi connectivity index (χ0n) is 12.5. The number of aromatic nitrogens is 2. The van der Waals surface area contributed by atoms with Crippen molar-refractivity contribution in [3.8, 4) is 5.69 Å². The zero-order valence-corrected chi connectivity index (χ0v) is 12.5. The van der Waals surface area contributed by atoms with Crippen molar-refractivity contribution < 1.29 is 4.79 Å². The Kier molecular flexibility index (Phi) is 4.18. The molecule has 0 bridgehead atoms. The number of para-hydroxylation sites is 1. The summed E-state index contributed by atoms with van der Waals surface area (Å²) in [5.41, 5.74) is 1.68. The average molecular weight is 282 g/mol. The summed E-state index contributed by atoms with van der Waals surface area (Å²) in [6.45, 7) is 2.23. The molecule has 0 radical (unpaired) electrons. The van der Waals surface area contributed by atoms with Gasteiger partial charge in [-0.2, -0.15) is 5.10 Å². The van der Waals surface area contributed by atoms with Crippen LogP contribution in [0.4, 0.5) is 0 Å². The molecule has 2 atom stereocenters. The minimum absolute atomic E-state index is 0.169. The molecule has 1 aromatic heterocycles. The molecule has 3 heteroatoms. The molecule has 2 unspecified atom stereocenters. The minimum atomic E-state index is 0.169. The summed E-state index contributed by atoms with van der Waals surface area (Å²) >= 11 is 0. The monoisotopic (exact) mass is 282 g/mol. The molecule has 0 aliphatic heterocycles. The van der Waals surface area contributed by atoms with E-state index in [1.807, 2.05) is 36.4 Å². The Morgan fingerprint density at radius 3 is 2.81 bits per heavy atom. The Morgan fingerprint density at radius 1 is 1.24 bits per heavy atom. The van der Waals surface area contributed by atoms with Crippen LogP contribution in [0.3, 0.4) is 0 Å². The maximum absolute atomic E-state index is 12.9. The third kappa shape index (κ3) is 2.92. The van der Waals surface area contributed by atoms with Crippen molar-refractivity contribution in [3.05, 3.63) is 48.3 Å². The van der Waals surface area contributed by atoms with Gasteiger partial charge in [0.15, 0.2) is 5.78 Å². The van der Waals surface area contributed by atoms with Gasteiger partial charge in [-0.1, -0.05) is 44.4 Å². The van der Waals surface area contributed by atoms with Crippen molar-refractivity contribution in [3.63, 3.8) is 0 Å². The molecule has 110 valence electrons. The molecule has 2 aromatic rings. The normalized spacial score (nSPS) is 22.1. The van der Waals surface area contributed by atoms with Crippen molar-refractivity contribution in [2.45, 2.75) is 39.0 Å². The van der Waals surface area contributed by atoms with E-state index < -0.39 is 0 Å². The summed E-state index contributed by atoms with van der Waals surface area (Å²) in [7, 11) is 0. The van der Waals surface area contributed by atoms with Crippen LogP contribution in [0.15, 0.2) is 42.6 Å². The van der Waals surface area contributed by atoms with Crippen molar-refractivity contribution in [2.75, 3.05) is 0 Å². The molecule has 0 N–H and O–H groups in total. The van der Waals surface area contributed by atoms with Gasteiger partial charge in [0.25, 0.3) is 0 Å². The van der Waals surface area contributed by atoms with Crippen LogP contribution in [0.25, 0.3) is 5.69 Å². The van der Waals surface area contributed by atoms with Crippen molar-refractivity contribution in [2.24, 2.45) is 11.8 Å². The average Bonchev–Trinajstić information content (AvgIpc) is 3.04. The number of carbonyl (C=O) groups is 1. The fourth-order valence-corrected chi connectivity index (χ4v) is 3.37. The van der Waals surface area contributed by atoms with Gasteiger partial charge >= 0.3 is 0 Å². The third-order valence-corrected chi connectivity index (χ3v) is 4.63. The third-order valence-electron chi connectivity index (χ3n) is 4.63. The van der Waals surface area contributed by atoms with Crippen LogP contribution < -0.4 is 0 Å². The summed E-state index contributed by atoms with van der Waals surface area (Å²) in [4.78, 5) is 12.9. The Bertz CT molecular complexity index is 603. The summed E-state index contributed by atoms with van der Waals surface area (Å²) in [5, 5.41) is 4.34. The molecular weight excluding hydrogens is 260 g/mol. The van der Waals surface area contributed by atoms with E-state index in [1.165, 1.54) is 19.3 Å². The SMILES string of the molecule is CCC1CCCC(C(=O)c2ccnn2-c2ccccc2)C1. The fourth-order valence-electron chi connectivity index (χ4n) is 3.37. The Balaban J connectivity index is 1.84. The predicted molar refractivity (Wildman–Crippen MR) is 83.6 cm³/mol. The molecule has 21 heavy (non-hydrogen) atoms. The summed E-state index contributed by atoms with van der Waals surface area (Å²) in [6.07, 6.45) is 7.42. The smallest absolute Gasteiger partial charge is 0.184 e. The van der Waals surface area contributed by atoms with Crippen LogP contribution in [-0.2, 0) is 0 Å². The first-order valence-corrected chi connectivity index (χ1v) is 7.93. The second-order valence-electron chi connectivity index (χ2n) is 5.97. The van der Waals surface area contributed by atoms with E-state index in [1.54, 1.807) is 10.9 Å². The molecular formula is C18H22N2O. The Hall–Kier alpha value is -1.90. The number of ketones is 1. The first-order chi connectivity index (χ1) is 10.3. The molecule has 0 amide bonds. The first kappa shape index (κ1) is 14.1. The number of benzene rings is 1. The highest BCUT2D eigenvalue weighted by molar-refractivity contribution is 5.96. The highest BCUT2D eigenvalue weighted by Crippen LogP contribution is 2.33. The van der Waals surface area contributed by atoms with Crippen LogP contribution in [-0.4, -0.2) is 15.6 Å². The largest absolute Gasteiger partial charge is 0.292 e. The maximum atomic E-state index is 12.9. The quantitative estimate of drug-likeness (QED) is 0.785. The van der Waals surface area contributed by atoms with Gasteiger partial charge in [-0.15, -0.1) is 0 Å². The van der Waals surface area contributed by atoms with E-state index in [0.717, 1.165) is 24.2 Å². The van der Waals surface area contributed by atoms with Crippen molar-refractivity contribution in [1.29, 1.82) is 0 Å². The summed E-state index contributed by atoms with van der Waals surface area (Å²) in [6, 6.07) is 11.7. The Morgan fingerprint density at radius 2 is 2.05 bits per heavy atom. The topological polar surface area (TPSA) is 34.9 Å². The van der Waals surface area contributed by atoms with E-state index in [0.29, 0.717) is 5.92 Å². The molecule has 3 rings (SSSR count). The molecule has 1 aromatic carbocycles. The number of rotatable bonds is 4. The number of hydrogen-bond donors (Lipinski definition) is 0. The zero-order chi connectivity index (χ0) is 14.7. The van der Waals surface area contributed by atoms with Crippen molar-refractivity contribution in [1.82, 2.24) is 9.78 Å². The van der Waals surface area contributed by atoms with Gasteiger partial charge in [-0.3, -0.25) is 4.79 Å². The molecule has 1 saturated carbocycles. The van der Waals surface area contributed by atoms with Gasteiger partial charge in [0.1, 0.15) is 5.69 Å². The highest BCUT2D eigenvalue weighted by atomic mass is 16.1. The maximum Gasteiger partial charge on any atom is 0.184 e. The molecule has 1 heterocycles. The van der Waals surface area contributed by atoms with Gasteiger partial charge in [0.05, 0.1) is 11.9 Å². The van der Waals surface area contributed by atoms with Gasteiger partial charge < -0.3 is 0 Å². The number of hydrogen-bond acceptors (Lipinski definition) is 2. The van der Waals surface area contributed by atoms with Gasteiger partial charge in [0.2, 0.25) is 0 Å². The van der Waals surface area contributed by atoms with E-state index in [4.69, 9.17) is 0 Å². The van der Waals surface area contributed by atoms with Gasteiger partial charge in [0, 0.05) is 5.92 Å². The lowest BCUT2D eigenvalue weighted by atomic mass is 9.78. The second-order valence-corrected chi connectivity index (χ2v) is 5.97. The number of nitrogens with zero attached hydrogens (tertiary/aromatic N) is 2. The summed E-state index contributed by atoms with van der Waals surface area (Å²) < 4.78 is 1.78. The van der Waals surface area contributed by atoms with E-state index in [9.17, 15) is 4.79 Å². The van der Waals surface area contributed by atoms with Crippen molar-refractivity contribution >= 4 is 5.78 Å². The molecule has 1 aliphatic carbocycles. The van der Waals surface area contributed by atoms with Crippen LogP contribution >= 0.6 is 0 Å². The molecule has 3 nitrogen and oxygen atoms in total. The highest BCUT2D eigenvalue weighted by Gasteiger charge is 2.29. The van der Waals surface area contributed by atoms with E-state index in [-0.39, 0.29) is 11.7 Å². The van der Waals surface area contributed by atoms with E-state index >= 15 is 0 Å². The second kappa shape index (κ2) is 6.25. The lowest BCUT2D eigenvalue weighted by molar-refractivity contribution is 0.0853. The molecule has 1 aliphatic rings. The van der Waals surface area contributed by atoms with Crippen LogP contribution in [0.2, 0.25) is 0 Å².